The van der Waals surface area contributed by atoms with Crippen molar-refractivity contribution in [2.24, 2.45) is 0 Å². The predicted molar refractivity (Wildman–Crippen MR) is 99.8 cm³/mol. The largest absolute Gasteiger partial charge is 0.468 e. The lowest BCUT2D eigenvalue weighted by Crippen LogP contribution is -2.18. The van der Waals surface area contributed by atoms with Crippen LogP contribution in [0.3, 0.4) is 0 Å². The van der Waals surface area contributed by atoms with Crippen LogP contribution in [0.2, 0.25) is 0 Å². The summed E-state index contributed by atoms with van der Waals surface area (Å²) in [4.78, 5) is 13.1. The zero-order chi connectivity index (χ0) is 17.1. The van der Waals surface area contributed by atoms with Crippen LogP contribution in [-0.2, 0) is 9.53 Å². The number of allylic oxidation sites excluding steroid dienone is 4. The van der Waals surface area contributed by atoms with Crippen molar-refractivity contribution in [1.29, 1.82) is 0 Å². The molecule has 0 radical (unpaired) electrons. The van der Waals surface area contributed by atoms with Gasteiger partial charge in [0.25, 0.3) is 0 Å². The van der Waals surface area contributed by atoms with E-state index in [1.54, 1.807) is 11.8 Å². The molecule has 2 nitrogen and oxygen atoms in total. The number of rotatable bonds is 9. The fourth-order valence-corrected chi connectivity index (χ4v) is 3.28. The fourth-order valence-electron chi connectivity index (χ4n) is 2.19. The maximum atomic E-state index is 12.0. The molecular formula is C20H28O2S. The van der Waals surface area contributed by atoms with Crippen LogP contribution in [0.5, 0.6) is 0 Å². The lowest BCUT2D eigenvalue weighted by molar-refractivity contribution is -0.140. The van der Waals surface area contributed by atoms with E-state index < -0.39 is 0 Å². The Kier molecular flexibility index (Phi) is 9.46. The van der Waals surface area contributed by atoms with Gasteiger partial charge in [0.05, 0.1) is 7.11 Å². The van der Waals surface area contributed by atoms with Crippen molar-refractivity contribution in [3.05, 3.63) is 53.6 Å². The molecule has 0 N–H and O–H groups in total. The van der Waals surface area contributed by atoms with E-state index in [4.69, 9.17) is 4.74 Å². The molecule has 0 fully saturated rings. The molecule has 0 spiro atoms. The van der Waals surface area contributed by atoms with Crippen molar-refractivity contribution in [2.45, 2.75) is 56.6 Å². The van der Waals surface area contributed by atoms with Gasteiger partial charge in [-0.25, -0.2) is 0 Å². The van der Waals surface area contributed by atoms with Crippen LogP contribution in [0, 0.1) is 0 Å². The number of carbonyl (C=O) groups is 1. The highest BCUT2D eigenvalue weighted by molar-refractivity contribution is 8.00. The molecule has 1 aromatic rings. The Bertz CT molecular complexity index is 528. The average molecular weight is 333 g/mol. The average Bonchev–Trinajstić information content (AvgIpc) is 2.53. The molecule has 23 heavy (non-hydrogen) atoms. The fraction of sp³-hybridized carbons (Fsp3) is 0.450. The van der Waals surface area contributed by atoms with Gasteiger partial charge in [0.15, 0.2) is 0 Å². The molecule has 0 aromatic heterocycles. The molecule has 0 aliphatic carbocycles. The lowest BCUT2D eigenvalue weighted by atomic mass is 10.1. The molecule has 0 saturated heterocycles. The third-order valence-electron chi connectivity index (χ3n) is 3.50. The molecular weight excluding hydrogens is 304 g/mol. The highest BCUT2D eigenvalue weighted by atomic mass is 32.2. The van der Waals surface area contributed by atoms with E-state index in [-0.39, 0.29) is 11.2 Å². The van der Waals surface area contributed by atoms with Gasteiger partial charge in [0.2, 0.25) is 0 Å². The Morgan fingerprint density at radius 1 is 1.13 bits per heavy atom. The van der Waals surface area contributed by atoms with Crippen LogP contribution in [0.4, 0.5) is 0 Å². The molecule has 1 aromatic carbocycles. The number of benzene rings is 1. The van der Waals surface area contributed by atoms with Crippen molar-refractivity contribution >= 4 is 17.7 Å². The normalized spacial score (nSPS) is 12.6. The second-order valence-electron chi connectivity index (χ2n) is 5.89. The van der Waals surface area contributed by atoms with Gasteiger partial charge in [-0.1, -0.05) is 41.5 Å². The first-order valence-electron chi connectivity index (χ1n) is 8.11. The molecule has 0 aliphatic heterocycles. The summed E-state index contributed by atoms with van der Waals surface area (Å²) in [5.74, 6) is -0.144. The molecule has 1 atom stereocenters. The summed E-state index contributed by atoms with van der Waals surface area (Å²) in [5, 5.41) is -0.149. The molecule has 0 bridgehead atoms. The van der Waals surface area contributed by atoms with Gasteiger partial charge in [0.1, 0.15) is 5.25 Å². The van der Waals surface area contributed by atoms with Crippen LogP contribution in [0.1, 0.15) is 46.5 Å². The molecule has 0 amide bonds. The van der Waals surface area contributed by atoms with Crippen LogP contribution in [-0.4, -0.2) is 18.3 Å². The first kappa shape index (κ1) is 19.6. The summed E-state index contributed by atoms with van der Waals surface area (Å²) >= 11 is 1.58. The van der Waals surface area contributed by atoms with Gasteiger partial charge in [-0.2, -0.15) is 0 Å². The zero-order valence-corrected chi connectivity index (χ0v) is 15.5. The Morgan fingerprint density at radius 3 is 2.43 bits per heavy atom. The van der Waals surface area contributed by atoms with Crippen molar-refractivity contribution in [1.82, 2.24) is 0 Å². The third kappa shape index (κ3) is 8.65. The molecule has 1 rings (SSSR count). The van der Waals surface area contributed by atoms with Crippen molar-refractivity contribution in [2.75, 3.05) is 7.11 Å². The highest BCUT2D eigenvalue weighted by Gasteiger charge is 2.19. The third-order valence-corrected chi connectivity index (χ3v) is 4.76. The minimum absolute atomic E-state index is 0.144. The second kappa shape index (κ2) is 11.1. The van der Waals surface area contributed by atoms with E-state index in [0.29, 0.717) is 0 Å². The summed E-state index contributed by atoms with van der Waals surface area (Å²) in [6.45, 7) is 6.41. The number of thioether (sulfide) groups is 1. The minimum atomic E-state index is -0.149. The predicted octanol–water partition coefficient (Wildman–Crippen LogP) is 5.79. The summed E-state index contributed by atoms with van der Waals surface area (Å²) in [6, 6.07) is 10.0. The van der Waals surface area contributed by atoms with E-state index in [2.05, 4.69) is 32.9 Å². The number of hydrogen-bond acceptors (Lipinski definition) is 3. The van der Waals surface area contributed by atoms with Gasteiger partial charge in [0, 0.05) is 4.90 Å². The molecule has 126 valence electrons. The van der Waals surface area contributed by atoms with Gasteiger partial charge in [-0.15, -0.1) is 11.8 Å². The quantitative estimate of drug-likeness (QED) is 0.325. The Balaban J connectivity index is 2.51. The van der Waals surface area contributed by atoms with Crippen molar-refractivity contribution < 1.29 is 9.53 Å². The molecule has 0 aliphatic rings. The Morgan fingerprint density at radius 2 is 1.83 bits per heavy atom. The highest BCUT2D eigenvalue weighted by Crippen LogP contribution is 2.27. The van der Waals surface area contributed by atoms with Gasteiger partial charge < -0.3 is 4.74 Å². The topological polar surface area (TPSA) is 26.3 Å². The number of ether oxygens (including phenoxy) is 1. The Labute approximate surface area is 145 Å². The lowest BCUT2D eigenvalue weighted by Gasteiger charge is -2.13. The van der Waals surface area contributed by atoms with Crippen LogP contribution in [0.15, 0.2) is 58.5 Å². The summed E-state index contributed by atoms with van der Waals surface area (Å²) < 4.78 is 4.95. The van der Waals surface area contributed by atoms with Crippen LogP contribution >= 0.6 is 11.8 Å². The van der Waals surface area contributed by atoms with E-state index in [9.17, 15) is 4.79 Å². The number of methoxy groups -OCH3 is 1. The standard InChI is InChI=1S/C20H28O2S/c1-16(2)10-8-11-17(3)12-9-15-19(20(21)22-4)23-18-13-6-5-7-14-18/h5-7,10,12-14,19H,8-9,11,15H2,1-4H3. The first-order valence-corrected chi connectivity index (χ1v) is 8.99. The van der Waals surface area contributed by atoms with Gasteiger partial charge >= 0.3 is 5.97 Å². The van der Waals surface area contributed by atoms with Gasteiger partial charge in [-0.05, 0) is 58.6 Å². The van der Waals surface area contributed by atoms with Crippen molar-refractivity contribution in [3.8, 4) is 0 Å². The number of esters is 1. The molecule has 0 saturated carbocycles. The van der Waals surface area contributed by atoms with Crippen LogP contribution in [0.25, 0.3) is 0 Å². The second-order valence-corrected chi connectivity index (χ2v) is 7.17. The zero-order valence-electron chi connectivity index (χ0n) is 14.7. The summed E-state index contributed by atoms with van der Waals surface area (Å²) in [5.41, 5.74) is 2.75. The molecule has 0 heterocycles. The molecule has 3 heteroatoms. The number of carbonyl (C=O) groups excluding carboxylic acids is 1. The summed E-state index contributed by atoms with van der Waals surface area (Å²) in [7, 11) is 1.46. The summed E-state index contributed by atoms with van der Waals surface area (Å²) in [6.07, 6.45) is 8.39. The SMILES string of the molecule is COC(=O)C(CCC=C(C)CCC=C(C)C)Sc1ccccc1. The monoisotopic (exact) mass is 332 g/mol. The van der Waals surface area contributed by atoms with E-state index >= 15 is 0 Å². The maximum absolute atomic E-state index is 12.0. The smallest absolute Gasteiger partial charge is 0.319 e. The van der Waals surface area contributed by atoms with E-state index in [0.717, 1.165) is 30.6 Å². The molecule has 1 unspecified atom stereocenters. The van der Waals surface area contributed by atoms with Crippen molar-refractivity contribution in [3.63, 3.8) is 0 Å². The van der Waals surface area contributed by atoms with E-state index in [1.165, 1.54) is 18.3 Å². The van der Waals surface area contributed by atoms with E-state index in [1.807, 2.05) is 30.3 Å². The van der Waals surface area contributed by atoms with Crippen LogP contribution < -0.4 is 0 Å². The Hall–Kier alpha value is -1.48. The number of hydrogen-bond donors (Lipinski definition) is 0. The minimum Gasteiger partial charge on any atom is -0.468 e. The first-order chi connectivity index (χ1) is 11.0. The maximum Gasteiger partial charge on any atom is 0.319 e. The van der Waals surface area contributed by atoms with Gasteiger partial charge in [-0.3, -0.25) is 4.79 Å².